The summed E-state index contributed by atoms with van der Waals surface area (Å²) in [6, 6.07) is 3.16. The Morgan fingerprint density at radius 2 is 1.95 bits per heavy atom. The average molecular weight is 350 g/mol. The molecule has 0 saturated carbocycles. The van der Waals surface area contributed by atoms with Crippen molar-refractivity contribution in [1.29, 1.82) is 0 Å². The minimum atomic E-state index is -4.03. The summed E-state index contributed by atoms with van der Waals surface area (Å²) in [4.78, 5) is 20.1. The maximum absolute atomic E-state index is 12.0. The van der Waals surface area contributed by atoms with Gasteiger partial charge in [-0.05, 0) is 27.6 Å². The first-order valence-electron chi connectivity index (χ1n) is 5.11. The maximum atomic E-state index is 12.0. The van der Waals surface area contributed by atoms with E-state index in [1.807, 2.05) is 0 Å². The van der Waals surface area contributed by atoms with Gasteiger partial charge in [-0.25, -0.2) is 13.4 Å². The summed E-state index contributed by atoms with van der Waals surface area (Å²) in [5.41, 5.74) is 0. The summed E-state index contributed by atoms with van der Waals surface area (Å²) in [5.74, 6) is -0.611. The molecule has 0 bridgehead atoms. The summed E-state index contributed by atoms with van der Waals surface area (Å²) >= 11 is 11.2. The number of hydrogen-bond donors (Lipinski definition) is 1. The predicted molar refractivity (Wildman–Crippen MR) is 73.8 cm³/mol. The minimum absolute atomic E-state index is 0.0467. The van der Waals surface area contributed by atoms with E-state index in [0.29, 0.717) is 0 Å². The highest BCUT2D eigenvalue weighted by molar-refractivity contribution is 7.92. The topological polar surface area (TPSA) is 128 Å². The van der Waals surface area contributed by atoms with Crippen LogP contribution in [0, 0.1) is 10.1 Å². The Bertz CT molecular complexity index is 776. The summed E-state index contributed by atoms with van der Waals surface area (Å²) in [6.45, 7) is 0. The zero-order valence-electron chi connectivity index (χ0n) is 9.90. The highest BCUT2D eigenvalue weighted by Gasteiger charge is 2.19. The first-order valence-corrected chi connectivity index (χ1v) is 7.35. The molecule has 0 fully saturated rings. The molecule has 0 unspecified atom stereocenters. The Morgan fingerprint density at radius 3 is 2.48 bits per heavy atom. The van der Waals surface area contributed by atoms with Crippen molar-refractivity contribution in [2.75, 3.05) is 4.72 Å². The molecule has 0 saturated heterocycles. The molecule has 0 aromatic carbocycles. The molecule has 2 aromatic rings. The van der Waals surface area contributed by atoms with E-state index < -0.39 is 20.8 Å². The van der Waals surface area contributed by atoms with Crippen LogP contribution in [0.2, 0.25) is 10.4 Å². The summed E-state index contributed by atoms with van der Waals surface area (Å²) in [6.07, 6.45) is 0.852. The standard InChI is InChI=1S/C9H5Cl2N5O4S/c10-6-3-7(14-9(11)13-6)15-21(19,20)5-1-2-8(12-4-5)16(17)18/h1-4H,(H,13,14,15). The number of sulfonamides is 1. The van der Waals surface area contributed by atoms with Gasteiger partial charge >= 0.3 is 5.82 Å². The SMILES string of the molecule is O=[N+]([O-])c1ccc(S(=O)(=O)Nc2cc(Cl)nc(Cl)n2)cn1. The Kier molecular flexibility index (Phi) is 4.21. The molecule has 0 aliphatic heterocycles. The maximum Gasteiger partial charge on any atom is 0.363 e. The van der Waals surface area contributed by atoms with Crippen molar-refractivity contribution in [3.63, 3.8) is 0 Å². The van der Waals surface area contributed by atoms with Crippen LogP contribution in [-0.4, -0.2) is 28.3 Å². The van der Waals surface area contributed by atoms with E-state index >= 15 is 0 Å². The van der Waals surface area contributed by atoms with Gasteiger partial charge in [-0.2, -0.15) is 4.98 Å². The second kappa shape index (κ2) is 5.76. The van der Waals surface area contributed by atoms with Crippen LogP contribution in [0.15, 0.2) is 29.3 Å². The van der Waals surface area contributed by atoms with Gasteiger partial charge < -0.3 is 10.1 Å². The molecule has 110 valence electrons. The van der Waals surface area contributed by atoms with Gasteiger partial charge in [-0.15, -0.1) is 0 Å². The van der Waals surface area contributed by atoms with E-state index in [-0.39, 0.29) is 21.2 Å². The Hall–Kier alpha value is -2.04. The van der Waals surface area contributed by atoms with Gasteiger partial charge in [0.15, 0.2) is 6.20 Å². The largest absolute Gasteiger partial charge is 0.363 e. The second-order valence-corrected chi connectivity index (χ2v) is 5.97. The minimum Gasteiger partial charge on any atom is -0.358 e. The van der Waals surface area contributed by atoms with Crippen LogP contribution in [0.5, 0.6) is 0 Å². The lowest BCUT2D eigenvalue weighted by atomic mass is 10.5. The number of halogens is 2. The van der Waals surface area contributed by atoms with Gasteiger partial charge in [0.2, 0.25) is 5.28 Å². The van der Waals surface area contributed by atoms with Crippen molar-refractivity contribution in [3.05, 3.63) is 44.9 Å². The quantitative estimate of drug-likeness (QED) is 0.386. The van der Waals surface area contributed by atoms with Gasteiger partial charge in [0.1, 0.15) is 15.9 Å². The van der Waals surface area contributed by atoms with Crippen LogP contribution >= 0.6 is 23.2 Å². The lowest BCUT2D eigenvalue weighted by Crippen LogP contribution is -2.14. The molecule has 9 nitrogen and oxygen atoms in total. The fourth-order valence-electron chi connectivity index (χ4n) is 1.28. The van der Waals surface area contributed by atoms with Gasteiger partial charge in [-0.3, -0.25) is 4.72 Å². The summed E-state index contributed by atoms with van der Waals surface area (Å²) < 4.78 is 26.2. The second-order valence-electron chi connectivity index (χ2n) is 3.56. The van der Waals surface area contributed by atoms with Crippen molar-refractivity contribution < 1.29 is 13.3 Å². The van der Waals surface area contributed by atoms with Crippen molar-refractivity contribution in [2.24, 2.45) is 0 Å². The molecule has 1 N–H and O–H groups in total. The normalized spacial score (nSPS) is 11.1. The van der Waals surface area contributed by atoms with Gasteiger partial charge in [0.25, 0.3) is 10.0 Å². The van der Waals surface area contributed by atoms with Crippen LogP contribution in [0.3, 0.4) is 0 Å². The van der Waals surface area contributed by atoms with Crippen molar-refractivity contribution in [1.82, 2.24) is 15.0 Å². The van der Waals surface area contributed by atoms with Crippen LogP contribution in [0.25, 0.3) is 0 Å². The highest BCUT2D eigenvalue weighted by Crippen LogP contribution is 2.19. The number of anilines is 1. The molecule has 2 heterocycles. The number of pyridine rings is 1. The number of rotatable bonds is 4. The van der Waals surface area contributed by atoms with E-state index in [2.05, 4.69) is 19.7 Å². The van der Waals surface area contributed by atoms with E-state index in [0.717, 1.165) is 24.4 Å². The molecule has 0 atom stereocenters. The highest BCUT2D eigenvalue weighted by atomic mass is 35.5. The third-order valence-electron chi connectivity index (χ3n) is 2.12. The predicted octanol–water partition coefficient (Wildman–Crippen LogP) is 1.89. The van der Waals surface area contributed by atoms with E-state index in [1.165, 1.54) is 0 Å². The molecule has 2 aromatic heterocycles. The molecule has 21 heavy (non-hydrogen) atoms. The first-order chi connectivity index (χ1) is 9.78. The Balaban J connectivity index is 2.31. The molecule has 0 spiro atoms. The smallest absolute Gasteiger partial charge is 0.358 e. The van der Waals surface area contributed by atoms with Gasteiger partial charge in [0, 0.05) is 12.1 Å². The number of hydrogen-bond acceptors (Lipinski definition) is 7. The van der Waals surface area contributed by atoms with E-state index in [4.69, 9.17) is 23.2 Å². The number of aromatic nitrogens is 3. The fraction of sp³-hybridized carbons (Fsp3) is 0. The summed E-state index contributed by atoms with van der Waals surface area (Å²) in [7, 11) is -4.03. The Labute approximate surface area is 128 Å². The number of nitro groups is 1. The van der Waals surface area contributed by atoms with Crippen LogP contribution in [0.4, 0.5) is 11.6 Å². The Morgan fingerprint density at radius 1 is 1.24 bits per heavy atom. The zero-order chi connectivity index (χ0) is 15.6. The molecular formula is C9H5Cl2N5O4S. The van der Waals surface area contributed by atoms with Crippen molar-refractivity contribution in [3.8, 4) is 0 Å². The molecule has 0 aliphatic rings. The molecule has 0 amide bonds. The molecule has 0 aliphatic carbocycles. The number of nitrogens with one attached hydrogen (secondary N) is 1. The van der Waals surface area contributed by atoms with Crippen molar-refractivity contribution in [2.45, 2.75) is 4.90 Å². The fourth-order valence-corrected chi connectivity index (χ4v) is 2.62. The lowest BCUT2D eigenvalue weighted by Gasteiger charge is -2.06. The average Bonchev–Trinajstić information content (AvgIpc) is 2.37. The van der Waals surface area contributed by atoms with E-state index in [9.17, 15) is 18.5 Å². The molecule has 12 heteroatoms. The van der Waals surface area contributed by atoms with Gasteiger partial charge in [0.05, 0.1) is 0 Å². The van der Waals surface area contributed by atoms with E-state index in [1.54, 1.807) is 0 Å². The third-order valence-corrected chi connectivity index (χ3v) is 3.83. The number of nitrogens with zero attached hydrogens (tertiary/aromatic N) is 4. The molecular weight excluding hydrogens is 345 g/mol. The van der Waals surface area contributed by atoms with Gasteiger partial charge in [-0.1, -0.05) is 11.6 Å². The van der Waals surface area contributed by atoms with Crippen molar-refractivity contribution >= 4 is 44.9 Å². The van der Waals surface area contributed by atoms with Crippen LogP contribution in [0.1, 0.15) is 0 Å². The van der Waals surface area contributed by atoms with Crippen LogP contribution in [-0.2, 0) is 10.0 Å². The third kappa shape index (κ3) is 3.74. The summed E-state index contributed by atoms with van der Waals surface area (Å²) in [5, 5.41) is 10.2. The first kappa shape index (κ1) is 15.4. The molecule has 0 radical (unpaired) electrons. The zero-order valence-corrected chi connectivity index (χ0v) is 12.2. The monoisotopic (exact) mass is 349 g/mol. The molecule has 2 rings (SSSR count). The lowest BCUT2D eigenvalue weighted by molar-refractivity contribution is -0.389. The van der Waals surface area contributed by atoms with Crippen LogP contribution < -0.4 is 4.72 Å².